The number of carbonyl (C=O) groups is 1. The summed E-state index contributed by atoms with van der Waals surface area (Å²) >= 11 is 0. The lowest BCUT2D eigenvalue weighted by Gasteiger charge is -2.30. The summed E-state index contributed by atoms with van der Waals surface area (Å²) in [7, 11) is 0. The number of hydrogen-bond acceptors (Lipinski definition) is 2. The lowest BCUT2D eigenvalue weighted by Crippen LogP contribution is -2.30. The van der Waals surface area contributed by atoms with Gasteiger partial charge in [0.1, 0.15) is 5.76 Å². The first kappa shape index (κ1) is 12.3. The van der Waals surface area contributed by atoms with Crippen LogP contribution in [0.4, 0.5) is 0 Å². The van der Waals surface area contributed by atoms with Crippen molar-refractivity contribution < 1.29 is 14.0 Å². The molecule has 0 fully saturated rings. The zero-order chi connectivity index (χ0) is 17.1. The molecule has 0 aliphatic rings. The molecule has 0 spiro atoms. The first-order valence-electron chi connectivity index (χ1n) is 8.42. The molecule has 0 heterocycles. The van der Waals surface area contributed by atoms with Crippen LogP contribution in [0.25, 0.3) is 0 Å². The number of ketones is 1. The summed E-state index contributed by atoms with van der Waals surface area (Å²) in [5, 5.41) is 10.6. The van der Waals surface area contributed by atoms with E-state index < -0.39 is 23.5 Å². The van der Waals surface area contributed by atoms with Gasteiger partial charge < -0.3 is 5.11 Å². The van der Waals surface area contributed by atoms with Gasteiger partial charge in [-0.05, 0) is 32.5 Å². The third-order valence-electron chi connectivity index (χ3n) is 4.71. The summed E-state index contributed by atoms with van der Waals surface area (Å²) in [5.41, 5.74) is -1.80. The van der Waals surface area contributed by atoms with Crippen LogP contribution in [0.5, 0.6) is 0 Å². The van der Waals surface area contributed by atoms with E-state index in [-0.39, 0.29) is 11.3 Å². The number of allylic oxidation sites excluding steroid dienone is 2. The predicted octanol–water partition coefficient (Wildman–Crippen LogP) is 5.04. The molecule has 0 unspecified atom stereocenters. The minimum absolute atomic E-state index is 0.259. The van der Waals surface area contributed by atoms with Crippen molar-refractivity contribution in [2.45, 2.75) is 74.1 Å². The molecule has 18 heavy (non-hydrogen) atoms. The van der Waals surface area contributed by atoms with E-state index in [9.17, 15) is 9.90 Å². The van der Waals surface area contributed by atoms with Crippen LogP contribution >= 0.6 is 0 Å². The Balaban J connectivity index is 6.24. The molecular formula is C16H30O2. The maximum Gasteiger partial charge on any atom is 0.167 e. The van der Waals surface area contributed by atoms with Crippen LogP contribution in [0.3, 0.4) is 0 Å². The molecule has 0 rings (SSSR count). The Bertz CT molecular complexity index is 400. The van der Waals surface area contributed by atoms with E-state index in [1.54, 1.807) is 13.8 Å². The maximum atomic E-state index is 12.8. The van der Waals surface area contributed by atoms with Crippen molar-refractivity contribution >= 4 is 5.78 Å². The van der Waals surface area contributed by atoms with E-state index in [0.29, 0.717) is 25.7 Å². The highest BCUT2D eigenvalue weighted by Crippen LogP contribution is 2.37. The number of carbonyl (C=O) groups excluding carboxylic acids is 1. The largest absolute Gasteiger partial charge is 0.511 e. The fraction of sp³-hybridized carbons (Fsp3) is 0.812. The van der Waals surface area contributed by atoms with Gasteiger partial charge in [-0.15, -0.1) is 0 Å². The summed E-state index contributed by atoms with van der Waals surface area (Å²) in [6.45, 7) is 8.49. The Morgan fingerprint density at radius 3 is 1.67 bits per heavy atom. The normalized spacial score (nSPS) is 17.6. The van der Waals surface area contributed by atoms with E-state index in [2.05, 4.69) is 0 Å². The van der Waals surface area contributed by atoms with Crippen LogP contribution < -0.4 is 0 Å². The zero-order valence-electron chi connectivity index (χ0n) is 15.7. The van der Waals surface area contributed by atoms with Gasteiger partial charge in [-0.25, -0.2) is 0 Å². The second kappa shape index (κ2) is 6.40. The van der Waals surface area contributed by atoms with Gasteiger partial charge in [0, 0.05) is 20.5 Å². The average Bonchev–Trinajstić information content (AvgIpc) is 2.43. The third kappa shape index (κ3) is 3.15. The number of aliphatic hydroxyl groups excluding tert-OH is 1. The molecule has 0 aromatic heterocycles. The van der Waals surface area contributed by atoms with E-state index in [0.717, 1.165) is 0 Å². The molecule has 2 nitrogen and oxygen atoms in total. The minimum atomic E-state index is -2.60. The van der Waals surface area contributed by atoms with E-state index in [1.165, 1.54) is 0 Å². The molecule has 0 aromatic carbocycles. The number of Topliss-reactive ketones (excluding diaryl/α,β-unsaturated/α-hetero) is 1. The second-order valence-corrected chi connectivity index (χ2v) is 5.59. The van der Waals surface area contributed by atoms with Crippen molar-refractivity contribution in [1.82, 2.24) is 0 Å². The van der Waals surface area contributed by atoms with E-state index in [4.69, 9.17) is 4.11 Å². The molecule has 0 saturated heterocycles. The van der Waals surface area contributed by atoms with Crippen LogP contribution in [0, 0.1) is 10.8 Å². The van der Waals surface area contributed by atoms with Crippen LogP contribution in [0.2, 0.25) is 0 Å². The van der Waals surface area contributed by atoms with Crippen molar-refractivity contribution in [2.24, 2.45) is 10.8 Å². The van der Waals surface area contributed by atoms with Gasteiger partial charge in [0.05, 0.1) is 0 Å². The second-order valence-electron chi connectivity index (χ2n) is 5.59. The van der Waals surface area contributed by atoms with Crippen molar-refractivity contribution in [3.63, 3.8) is 0 Å². The minimum Gasteiger partial charge on any atom is -0.511 e. The van der Waals surface area contributed by atoms with Crippen LogP contribution in [-0.2, 0) is 4.79 Å². The number of rotatable bonds is 7. The van der Waals surface area contributed by atoms with Gasteiger partial charge in [0.25, 0.3) is 0 Å². The van der Waals surface area contributed by atoms with Crippen molar-refractivity contribution in [2.75, 3.05) is 0 Å². The first-order chi connectivity index (χ1) is 9.43. The number of hydrogen-bond donors (Lipinski definition) is 1. The van der Waals surface area contributed by atoms with E-state index >= 15 is 0 Å². The molecule has 0 saturated carbocycles. The molecule has 0 aromatic rings. The molecule has 0 amide bonds. The molecule has 0 bridgehead atoms. The maximum absolute atomic E-state index is 12.8. The molecule has 0 aliphatic heterocycles. The first-order valence-corrected chi connectivity index (χ1v) is 6.92. The summed E-state index contributed by atoms with van der Waals surface area (Å²) in [6.07, 6.45) is 2.25. The van der Waals surface area contributed by atoms with E-state index in [1.807, 2.05) is 27.7 Å². The summed E-state index contributed by atoms with van der Waals surface area (Å²) in [5.74, 6) is -0.705. The fourth-order valence-electron chi connectivity index (χ4n) is 1.87. The summed E-state index contributed by atoms with van der Waals surface area (Å²) < 4.78 is 23.1. The lowest BCUT2D eigenvalue weighted by molar-refractivity contribution is -0.124. The Morgan fingerprint density at radius 2 is 1.39 bits per heavy atom. The molecular weight excluding hydrogens is 224 g/mol. The lowest BCUT2D eigenvalue weighted by atomic mass is 9.74. The van der Waals surface area contributed by atoms with Gasteiger partial charge >= 0.3 is 0 Å². The fourth-order valence-corrected chi connectivity index (χ4v) is 1.87. The summed E-state index contributed by atoms with van der Waals surface area (Å²) in [6, 6.07) is 0. The standard InChI is InChI=1S/C16H30O2/c1-8-15(6,9-2)13(17)12(5)14(18)16(7,10-3)11-4/h17H,8-11H2,1-7H3/b13-12-/i5D3. The zero-order valence-corrected chi connectivity index (χ0v) is 12.7. The Labute approximate surface area is 117 Å². The molecule has 0 atom stereocenters. The highest BCUT2D eigenvalue weighted by Gasteiger charge is 2.35. The smallest absolute Gasteiger partial charge is 0.167 e. The Morgan fingerprint density at radius 1 is 1.00 bits per heavy atom. The Hall–Kier alpha value is -0.790. The molecule has 0 aliphatic carbocycles. The molecule has 0 radical (unpaired) electrons. The highest BCUT2D eigenvalue weighted by molar-refractivity contribution is 5.99. The van der Waals surface area contributed by atoms with Gasteiger partial charge in [-0.2, -0.15) is 0 Å². The van der Waals surface area contributed by atoms with Crippen LogP contribution in [-0.4, -0.2) is 10.9 Å². The highest BCUT2D eigenvalue weighted by atomic mass is 16.3. The monoisotopic (exact) mass is 257 g/mol. The molecule has 1 N–H and O–H groups in total. The topological polar surface area (TPSA) is 37.3 Å². The average molecular weight is 257 g/mol. The van der Waals surface area contributed by atoms with Gasteiger partial charge in [-0.1, -0.05) is 41.5 Å². The summed E-state index contributed by atoms with van der Waals surface area (Å²) in [4.78, 5) is 12.8. The third-order valence-corrected chi connectivity index (χ3v) is 4.71. The van der Waals surface area contributed by atoms with Crippen LogP contribution in [0.1, 0.15) is 78.2 Å². The molecule has 2 heteroatoms. The van der Waals surface area contributed by atoms with Gasteiger partial charge in [0.2, 0.25) is 0 Å². The quantitative estimate of drug-likeness (QED) is 0.512. The molecule has 106 valence electrons. The Kier molecular flexibility index (Phi) is 4.36. The van der Waals surface area contributed by atoms with Crippen LogP contribution in [0.15, 0.2) is 11.3 Å². The number of aliphatic hydroxyl groups is 1. The predicted molar refractivity (Wildman–Crippen MR) is 77.7 cm³/mol. The van der Waals surface area contributed by atoms with Gasteiger partial charge in [0.15, 0.2) is 5.78 Å². The van der Waals surface area contributed by atoms with Crippen molar-refractivity contribution in [3.05, 3.63) is 11.3 Å². The van der Waals surface area contributed by atoms with Crippen molar-refractivity contribution in [3.8, 4) is 0 Å². The van der Waals surface area contributed by atoms with Crippen molar-refractivity contribution in [1.29, 1.82) is 0 Å². The van der Waals surface area contributed by atoms with Gasteiger partial charge in [-0.3, -0.25) is 4.79 Å². The SMILES string of the molecule is [2H]C([2H])([2H])/C(C(=O)C(C)(CC)CC)=C(/O)C(C)(CC)CC.